The molecule has 0 radical (unpaired) electrons. The number of benzene rings is 1. The Hall–Kier alpha value is -4.48. The van der Waals surface area contributed by atoms with Crippen molar-refractivity contribution in [2.75, 3.05) is 41.8 Å². The molecule has 4 aromatic heterocycles. The van der Waals surface area contributed by atoms with Gasteiger partial charge in [0.1, 0.15) is 17.2 Å². The predicted molar refractivity (Wildman–Crippen MR) is 142 cm³/mol. The van der Waals surface area contributed by atoms with Crippen LogP contribution in [0, 0.1) is 0 Å². The highest BCUT2D eigenvalue weighted by Crippen LogP contribution is 2.28. The van der Waals surface area contributed by atoms with Crippen molar-refractivity contribution in [3.05, 3.63) is 67.1 Å². The second-order valence-electron chi connectivity index (χ2n) is 8.76. The van der Waals surface area contributed by atoms with Gasteiger partial charge in [-0.25, -0.2) is 9.97 Å². The standard InChI is InChI=1S/C26H27N9O2/c1-34-22(15-21(33-34)18-3-2-9-27-16-18)31-26(36)29-19-6-4-17(5-7-19)24-30-20-8-10-28-25(23(20)32-24)35-11-13-37-14-12-35/h2-10,15-16,26,29,31,36H,11-14H2,1H3,(H,30,32). The molecule has 6 rings (SSSR count). The van der Waals surface area contributed by atoms with Crippen LogP contribution < -0.4 is 15.5 Å². The van der Waals surface area contributed by atoms with Gasteiger partial charge in [-0.3, -0.25) is 9.67 Å². The first-order valence-corrected chi connectivity index (χ1v) is 12.1. The van der Waals surface area contributed by atoms with Crippen molar-refractivity contribution in [1.29, 1.82) is 0 Å². The van der Waals surface area contributed by atoms with Crippen molar-refractivity contribution < 1.29 is 9.84 Å². The topological polar surface area (TPSA) is 129 Å². The van der Waals surface area contributed by atoms with Crippen LogP contribution in [-0.2, 0) is 11.8 Å². The predicted octanol–water partition coefficient (Wildman–Crippen LogP) is 3.06. The number of H-pyrrole nitrogens is 1. The van der Waals surface area contributed by atoms with Crippen LogP contribution in [0.2, 0.25) is 0 Å². The van der Waals surface area contributed by atoms with E-state index in [9.17, 15) is 5.11 Å². The molecule has 5 aromatic rings. The van der Waals surface area contributed by atoms with E-state index >= 15 is 0 Å². The minimum Gasteiger partial charge on any atom is -0.378 e. The van der Waals surface area contributed by atoms with Crippen molar-refractivity contribution in [2.45, 2.75) is 6.35 Å². The minimum absolute atomic E-state index is 0.669. The lowest BCUT2D eigenvalue weighted by Gasteiger charge is -2.27. The van der Waals surface area contributed by atoms with Crippen LogP contribution >= 0.6 is 0 Å². The minimum atomic E-state index is -1.02. The number of aliphatic hydroxyl groups excluding tert-OH is 1. The molecule has 1 aliphatic heterocycles. The molecule has 0 aliphatic carbocycles. The molecule has 0 amide bonds. The molecule has 0 spiro atoms. The third-order valence-corrected chi connectivity index (χ3v) is 6.28. The summed E-state index contributed by atoms with van der Waals surface area (Å²) in [7, 11) is 1.82. The summed E-state index contributed by atoms with van der Waals surface area (Å²) in [5.41, 5.74) is 5.16. The van der Waals surface area contributed by atoms with E-state index in [0.29, 0.717) is 19.0 Å². The smallest absolute Gasteiger partial charge is 0.203 e. The zero-order chi connectivity index (χ0) is 25.2. The molecule has 1 unspecified atom stereocenters. The molecule has 11 nitrogen and oxygen atoms in total. The van der Waals surface area contributed by atoms with E-state index in [4.69, 9.17) is 9.72 Å². The van der Waals surface area contributed by atoms with Crippen molar-refractivity contribution in [2.24, 2.45) is 7.05 Å². The zero-order valence-electron chi connectivity index (χ0n) is 20.3. The van der Waals surface area contributed by atoms with E-state index in [0.717, 1.165) is 58.3 Å². The first-order chi connectivity index (χ1) is 18.1. The monoisotopic (exact) mass is 497 g/mol. The molecular formula is C26H27N9O2. The number of imidazole rings is 1. The van der Waals surface area contributed by atoms with E-state index in [1.54, 1.807) is 23.3 Å². The Morgan fingerprint density at radius 3 is 2.65 bits per heavy atom. The highest BCUT2D eigenvalue weighted by Gasteiger charge is 2.18. The molecule has 11 heteroatoms. The van der Waals surface area contributed by atoms with Gasteiger partial charge in [-0.05, 0) is 42.5 Å². The highest BCUT2D eigenvalue weighted by molar-refractivity contribution is 5.88. The summed E-state index contributed by atoms with van der Waals surface area (Å²) in [5.74, 6) is 2.31. The molecular weight excluding hydrogens is 470 g/mol. The number of morpholine rings is 1. The Bertz CT molecular complexity index is 1490. The first-order valence-electron chi connectivity index (χ1n) is 12.1. The van der Waals surface area contributed by atoms with Crippen LogP contribution in [0.1, 0.15) is 0 Å². The van der Waals surface area contributed by atoms with Gasteiger partial charge in [0.15, 0.2) is 5.82 Å². The summed E-state index contributed by atoms with van der Waals surface area (Å²) in [6.07, 6.45) is 4.26. The van der Waals surface area contributed by atoms with Gasteiger partial charge in [-0.1, -0.05) is 0 Å². The van der Waals surface area contributed by atoms with E-state index < -0.39 is 6.35 Å². The Morgan fingerprint density at radius 1 is 1.03 bits per heavy atom. The highest BCUT2D eigenvalue weighted by atomic mass is 16.5. The zero-order valence-corrected chi connectivity index (χ0v) is 20.3. The third kappa shape index (κ3) is 4.82. The van der Waals surface area contributed by atoms with E-state index in [1.165, 1.54) is 0 Å². The maximum absolute atomic E-state index is 10.6. The normalized spacial score (nSPS) is 14.6. The second-order valence-corrected chi connectivity index (χ2v) is 8.76. The van der Waals surface area contributed by atoms with Crippen molar-refractivity contribution >= 4 is 28.4 Å². The fraction of sp³-hybridized carbons (Fsp3) is 0.231. The van der Waals surface area contributed by atoms with Gasteiger partial charge in [0, 0.05) is 61.6 Å². The Balaban J connectivity index is 1.15. The number of rotatable bonds is 7. The average molecular weight is 498 g/mol. The van der Waals surface area contributed by atoms with E-state index in [1.807, 2.05) is 55.6 Å². The van der Waals surface area contributed by atoms with Crippen LogP contribution in [0.4, 0.5) is 17.3 Å². The number of aliphatic hydroxyl groups is 1. The number of pyridine rings is 2. The molecule has 37 heavy (non-hydrogen) atoms. The second kappa shape index (κ2) is 9.88. The van der Waals surface area contributed by atoms with Gasteiger partial charge in [0.05, 0.1) is 24.4 Å². The van der Waals surface area contributed by atoms with Gasteiger partial charge in [-0.2, -0.15) is 5.10 Å². The van der Waals surface area contributed by atoms with Crippen LogP contribution in [0.15, 0.2) is 67.1 Å². The maximum Gasteiger partial charge on any atom is 0.203 e. The number of aryl methyl sites for hydroxylation is 1. The SMILES string of the molecule is Cn1nc(-c2cccnc2)cc1NC(O)Nc1ccc(-c2nc3c(N4CCOCC4)nccc3[nH]2)cc1. The van der Waals surface area contributed by atoms with Crippen LogP contribution in [0.3, 0.4) is 0 Å². The summed E-state index contributed by atoms with van der Waals surface area (Å²) in [4.78, 5) is 19.2. The fourth-order valence-corrected chi connectivity index (χ4v) is 4.38. The molecule has 1 saturated heterocycles. The van der Waals surface area contributed by atoms with Crippen molar-refractivity contribution in [1.82, 2.24) is 29.7 Å². The van der Waals surface area contributed by atoms with Gasteiger partial charge < -0.3 is 30.4 Å². The number of nitrogens with zero attached hydrogens (tertiary/aromatic N) is 6. The number of aromatic nitrogens is 6. The van der Waals surface area contributed by atoms with Gasteiger partial charge in [-0.15, -0.1) is 0 Å². The molecule has 1 atom stereocenters. The lowest BCUT2D eigenvalue weighted by atomic mass is 10.2. The average Bonchev–Trinajstić information content (AvgIpc) is 3.53. The van der Waals surface area contributed by atoms with E-state index in [2.05, 4.69) is 35.6 Å². The maximum atomic E-state index is 10.6. The number of fused-ring (bicyclic) bond motifs is 1. The molecule has 1 aromatic carbocycles. The Morgan fingerprint density at radius 2 is 1.86 bits per heavy atom. The number of hydrogen-bond acceptors (Lipinski definition) is 9. The van der Waals surface area contributed by atoms with Gasteiger partial charge in [0.2, 0.25) is 6.35 Å². The van der Waals surface area contributed by atoms with Crippen LogP contribution in [0.5, 0.6) is 0 Å². The number of hydrogen-bond donors (Lipinski definition) is 4. The van der Waals surface area contributed by atoms with Crippen LogP contribution in [0.25, 0.3) is 33.7 Å². The molecule has 188 valence electrons. The van der Waals surface area contributed by atoms with Crippen molar-refractivity contribution in [3.8, 4) is 22.6 Å². The molecule has 1 aliphatic rings. The van der Waals surface area contributed by atoms with E-state index in [-0.39, 0.29) is 0 Å². The summed E-state index contributed by atoms with van der Waals surface area (Å²) in [6, 6.07) is 15.3. The Kier molecular flexibility index (Phi) is 6.13. The summed E-state index contributed by atoms with van der Waals surface area (Å²) < 4.78 is 7.15. The third-order valence-electron chi connectivity index (χ3n) is 6.28. The number of ether oxygens (including phenoxy) is 1. The molecule has 0 saturated carbocycles. The summed E-state index contributed by atoms with van der Waals surface area (Å²) >= 11 is 0. The lowest BCUT2D eigenvalue weighted by Crippen LogP contribution is -2.36. The quantitative estimate of drug-likeness (QED) is 0.251. The molecule has 4 N–H and O–H groups in total. The fourth-order valence-electron chi connectivity index (χ4n) is 4.38. The summed E-state index contributed by atoms with van der Waals surface area (Å²) in [5, 5.41) is 21.2. The number of aromatic amines is 1. The molecule has 1 fully saturated rings. The Labute approximate surface area is 213 Å². The number of nitrogens with one attached hydrogen (secondary N) is 3. The van der Waals surface area contributed by atoms with Gasteiger partial charge in [0.25, 0.3) is 0 Å². The lowest BCUT2D eigenvalue weighted by molar-refractivity contribution is 0.122. The van der Waals surface area contributed by atoms with Crippen molar-refractivity contribution in [3.63, 3.8) is 0 Å². The van der Waals surface area contributed by atoms with Crippen LogP contribution in [-0.4, -0.2) is 67.5 Å². The number of anilines is 3. The van der Waals surface area contributed by atoms with Gasteiger partial charge >= 0.3 is 0 Å². The summed E-state index contributed by atoms with van der Waals surface area (Å²) in [6.45, 7) is 2.98. The largest absolute Gasteiger partial charge is 0.378 e. The molecule has 0 bridgehead atoms. The first kappa shape index (κ1) is 23.0. The molecule has 5 heterocycles.